The number of benzene rings is 1. The molecule has 0 radical (unpaired) electrons. The minimum Gasteiger partial charge on any atom is -0.347 e. The summed E-state index contributed by atoms with van der Waals surface area (Å²) in [6.45, 7) is 8.75. The number of para-hydroxylation sites is 1. The summed E-state index contributed by atoms with van der Waals surface area (Å²) in [6, 6.07) is 9.05. The highest BCUT2D eigenvalue weighted by Crippen LogP contribution is 2.26. The lowest BCUT2D eigenvalue weighted by Crippen LogP contribution is -2.29. The summed E-state index contributed by atoms with van der Waals surface area (Å²) >= 11 is 0. The summed E-state index contributed by atoms with van der Waals surface area (Å²) in [5.74, 6) is 0.662. The zero-order valence-corrected chi connectivity index (χ0v) is 12.5. The van der Waals surface area contributed by atoms with Gasteiger partial charge >= 0.3 is 0 Å². The van der Waals surface area contributed by atoms with E-state index in [4.69, 9.17) is 5.73 Å². The summed E-state index contributed by atoms with van der Waals surface area (Å²) in [5.41, 5.74) is 8.84. The van der Waals surface area contributed by atoms with E-state index in [2.05, 4.69) is 53.8 Å². The van der Waals surface area contributed by atoms with E-state index in [1.165, 1.54) is 29.4 Å². The third kappa shape index (κ3) is 2.48. The molecule has 2 N–H and O–H groups in total. The predicted molar refractivity (Wildman–Crippen MR) is 84.6 cm³/mol. The maximum absolute atomic E-state index is 6.04. The van der Waals surface area contributed by atoms with Crippen LogP contribution in [0.5, 0.6) is 0 Å². The summed E-state index contributed by atoms with van der Waals surface area (Å²) in [5, 5.41) is 1.40. The first kappa shape index (κ1) is 13.7. The van der Waals surface area contributed by atoms with Crippen molar-refractivity contribution in [3.05, 3.63) is 36.0 Å². The SMILES string of the molecule is CCn1cc(CN2CCC(C(C)N)C2)c2ccccc21. The van der Waals surface area contributed by atoms with Gasteiger partial charge in [-0.05, 0) is 44.4 Å². The van der Waals surface area contributed by atoms with Crippen molar-refractivity contribution in [2.24, 2.45) is 11.7 Å². The van der Waals surface area contributed by atoms with Crippen LogP contribution in [0.1, 0.15) is 25.8 Å². The van der Waals surface area contributed by atoms with Gasteiger partial charge in [0, 0.05) is 42.8 Å². The Morgan fingerprint density at radius 2 is 2.15 bits per heavy atom. The first-order valence-electron chi connectivity index (χ1n) is 7.73. The van der Waals surface area contributed by atoms with E-state index in [0.29, 0.717) is 12.0 Å². The predicted octanol–water partition coefficient (Wildman–Crippen LogP) is 2.83. The zero-order valence-electron chi connectivity index (χ0n) is 12.5. The number of hydrogen-bond acceptors (Lipinski definition) is 2. The average molecular weight is 271 g/mol. The van der Waals surface area contributed by atoms with E-state index in [1.807, 2.05) is 0 Å². The number of fused-ring (bicyclic) bond motifs is 1. The van der Waals surface area contributed by atoms with Crippen LogP contribution in [0.25, 0.3) is 10.9 Å². The Kier molecular flexibility index (Phi) is 3.81. The maximum Gasteiger partial charge on any atom is 0.0483 e. The van der Waals surface area contributed by atoms with Crippen molar-refractivity contribution in [2.75, 3.05) is 13.1 Å². The van der Waals surface area contributed by atoms with Crippen molar-refractivity contribution < 1.29 is 0 Å². The van der Waals surface area contributed by atoms with Gasteiger partial charge in [0.15, 0.2) is 0 Å². The summed E-state index contributed by atoms with van der Waals surface area (Å²) in [7, 11) is 0. The zero-order chi connectivity index (χ0) is 14.1. The summed E-state index contributed by atoms with van der Waals surface area (Å²) in [6.07, 6.45) is 3.56. The molecule has 1 aromatic heterocycles. The molecule has 0 spiro atoms. The van der Waals surface area contributed by atoms with Crippen LogP contribution in [-0.2, 0) is 13.1 Å². The number of hydrogen-bond donors (Lipinski definition) is 1. The van der Waals surface area contributed by atoms with Crippen molar-refractivity contribution in [2.45, 2.75) is 39.4 Å². The molecule has 3 rings (SSSR count). The number of aromatic nitrogens is 1. The lowest BCUT2D eigenvalue weighted by molar-refractivity contribution is 0.309. The van der Waals surface area contributed by atoms with Gasteiger partial charge in [0.05, 0.1) is 0 Å². The molecule has 0 aliphatic carbocycles. The lowest BCUT2D eigenvalue weighted by Gasteiger charge is -2.17. The monoisotopic (exact) mass is 271 g/mol. The van der Waals surface area contributed by atoms with Gasteiger partial charge in [0.25, 0.3) is 0 Å². The molecular formula is C17H25N3. The van der Waals surface area contributed by atoms with E-state index in [-0.39, 0.29) is 0 Å². The Balaban J connectivity index is 1.81. The van der Waals surface area contributed by atoms with Gasteiger partial charge in [-0.1, -0.05) is 18.2 Å². The van der Waals surface area contributed by atoms with Gasteiger partial charge in [-0.25, -0.2) is 0 Å². The Bertz CT molecular complexity index is 585. The van der Waals surface area contributed by atoms with Crippen LogP contribution in [0.3, 0.4) is 0 Å². The minimum absolute atomic E-state index is 0.317. The van der Waals surface area contributed by atoms with Gasteiger partial charge in [0.1, 0.15) is 0 Å². The van der Waals surface area contributed by atoms with Gasteiger partial charge < -0.3 is 10.3 Å². The van der Waals surface area contributed by atoms with Gasteiger partial charge in [-0.15, -0.1) is 0 Å². The summed E-state index contributed by atoms with van der Waals surface area (Å²) < 4.78 is 2.35. The third-order valence-electron chi connectivity index (χ3n) is 4.66. The molecule has 1 aliphatic rings. The topological polar surface area (TPSA) is 34.2 Å². The molecule has 1 aromatic carbocycles. The normalized spacial score (nSPS) is 21.6. The van der Waals surface area contributed by atoms with Crippen LogP contribution in [-0.4, -0.2) is 28.6 Å². The highest BCUT2D eigenvalue weighted by Gasteiger charge is 2.25. The second kappa shape index (κ2) is 5.58. The molecule has 2 atom stereocenters. The molecule has 0 amide bonds. The second-order valence-electron chi connectivity index (χ2n) is 6.10. The molecule has 3 heteroatoms. The maximum atomic E-state index is 6.04. The molecule has 20 heavy (non-hydrogen) atoms. The quantitative estimate of drug-likeness (QED) is 0.928. The molecule has 1 saturated heterocycles. The molecule has 2 aromatic rings. The van der Waals surface area contributed by atoms with Crippen LogP contribution < -0.4 is 5.73 Å². The molecule has 0 saturated carbocycles. The third-order valence-corrected chi connectivity index (χ3v) is 4.66. The fourth-order valence-electron chi connectivity index (χ4n) is 3.39. The van der Waals surface area contributed by atoms with Crippen molar-refractivity contribution >= 4 is 10.9 Å². The average Bonchev–Trinajstić information content (AvgIpc) is 3.05. The Morgan fingerprint density at radius 3 is 2.85 bits per heavy atom. The number of aryl methyl sites for hydroxylation is 1. The summed E-state index contributed by atoms with van der Waals surface area (Å²) in [4.78, 5) is 2.55. The molecule has 1 aliphatic heterocycles. The second-order valence-corrected chi connectivity index (χ2v) is 6.10. The molecule has 1 fully saturated rings. The number of rotatable bonds is 4. The standard InChI is InChI=1S/C17H25N3/c1-3-20-12-15(16-6-4-5-7-17(16)20)11-19-9-8-14(10-19)13(2)18/h4-7,12-14H,3,8-11,18H2,1-2H3. The van der Waals surface area contributed by atoms with Crippen molar-refractivity contribution in [3.63, 3.8) is 0 Å². The minimum atomic E-state index is 0.317. The van der Waals surface area contributed by atoms with Crippen molar-refractivity contribution in [3.8, 4) is 0 Å². The number of likely N-dealkylation sites (tertiary alicyclic amines) is 1. The Labute approximate surface area is 121 Å². The Morgan fingerprint density at radius 1 is 1.35 bits per heavy atom. The van der Waals surface area contributed by atoms with Crippen LogP contribution in [0.2, 0.25) is 0 Å². The van der Waals surface area contributed by atoms with E-state index in [0.717, 1.165) is 19.6 Å². The van der Waals surface area contributed by atoms with Crippen LogP contribution in [0.15, 0.2) is 30.5 Å². The van der Waals surface area contributed by atoms with E-state index in [1.54, 1.807) is 0 Å². The molecule has 3 nitrogen and oxygen atoms in total. The molecule has 108 valence electrons. The number of nitrogens with two attached hydrogens (primary N) is 1. The molecular weight excluding hydrogens is 246 g/mol. The highest BCUT2D eigenvalue weighted by atomic mass is 15.1. The fraction of sp³-hybridized carbons (Fsp3) is 0.529. The van der Waals surface area contributed by atoms with Gasteiger partial charge in [-0.3, -0.25) is 4.90 Å². The van der Waals surface area contributed by atoms with Gasteiger partial charge in [0.2, 0.25) is 0 Å². The van der Waals surface area contributed by atoms with Crippen LogP contribution in [0.4, 0.5) is 0 Å². The lowest BCUT2D eigenvalue weighted by atomic mass is 10.0. The number of nitrogens with zero attached hydrogens (tertiary/aromatic N) is 2. The van der Waals surface area contributed by atoms with E-state index in [9.17, 15) is 0 Å². The fourth-order valence-corrected chi connectivity index (χ4v) is 3.39. The van der Waals surface area contributed by atoms with Crippen LogP contribution >= 0.6 is 0 Å². The molecule has 2 unspecified atom stereocenters. The van der Waals surface area contributed by atoms with Crippen molar-refractivity contribution in [1.29, 1.82) is 0 Å². The Hall–Kier alpha value is -1.32. The largest absolute Gasteiger partial charge is 0.347 e. The van der Waals surface area contributed by atoms with E-state index >= 15 is 0 Å². The molecule has 0 bridgehead atoms. The first-order valence-corrected chi connectivity index (χ1v) is 7.73. The van der Waals surface area contributed by atoms with Crippen LogP contribution in [0, 0.1) is 5.92 Å². The van der Waals surface area contributed by atoms with Gasteiger partial charge in [-0.2, -0.15) is 0 Å². The first-order chi connectivity index (χ1) is 9.69. The smallest absolute Gasteiger partial charge is 0.0483 e. The highest BCUT2D eigenvalue weighted by molar-refractivity contribution is 5.83. The van der Waals surface area contributed by atoms with E-state index < -0.39 is 0 Å². The molecule has 2 heterocycles. The van der Waals surface area contributed by atoms with Crippen molar-refractivity contribution in [1.82, 2.24) is 9.47 Å².